The number of nitrogens with one attached hydrogen (secondary N) is 1. The molecule has 0 radical (unpaired) electrons. The van der Waals surface area contributed by atoms with Crippen molar-refractivity contribution < 1.29 is 13.2 Å². The molecule has 6 heteroatoms. The molecule has 144 valence electrons. The van der Waals surface area contributed by atoms with Crippen molar-refractivity contribution in [1.82, 2.24) is 4.90 Å². The van der Waals surface area contributed by atoms with E-state index in [1.807, 2.05) is 43.3 Å². The Morgan fingerprint density at radius 1 is 0.929 bits per heavy atom. The molecule has 0 aliphatic heterocycles. The fraction of sp³-hybridized carbons (Fsp3) is 0.136. The van der Waals surface area contributed by atoms with Crippen LogP contribution in [0.5, 0.6) is 0 Å². The van der Waals surface area contributed by atoms with Gasteiger partial charge in [-0.2, -0.15) is 0 Å². The second-order valence-electron chi connectivity index (χ2n) is 6.65. The standard InChI is InChI=1S/C22H22N2O3S/c1-17-7-6-10-20(15-17)23-28(26,27)21-13-11-19(12-14-21)22(25)24(2)16-18-8-4-3-5-9-18/h3-15,23H,16H2,1-2H3. The first-order chi connectivity index (χ1) is 13.3. The third-order valence-corrected chi connectivity index (χ3v) is 5.69. The lowest BCUT2D eigenvalue weighted by atomic mass is 10.1. The quantitative estimate of drug-likeness (QED) is 0.685. The summed E-state index contributed by atoms with van der Waals surface area (Å²) in [7, 11) is -1.99. The summed E-state index contributed by atoms with van der Waals surface area (Å²) in [4.78, 5) is 14.3. The van der Waals surface area contributed by atoms with E-state index in [9.17, 15) is 13.2 Å². The predicted molar refractivity (Wildman–Crippen MR) is 111 cm³/mol. The lowest BCUT2D eigenvalue weighted by Gasteiger charge is -2.17. The summed E-state index contributed by atoms with van der Waals surface area (Å²) in [6.45, 7) is 2.37. The monoisotopic (exact) mass is 394 g/mol. The van der Waals surface area contributed by atoms with Crippen LogP contribution in [0.2, 0.25) is 0 Å². The molecule has 3 rings (SSSR count). The van der Waals surface area contributed by atoms with Crippen LogP contribution >= 0.6 is 0 Å². The zero-order valence-electron chi connectivity index (χ0n) is 15.8. The lowest BCUT2D eigenvalue weighted by Crippen LogP contribution is -2.26. The highest BCUT2D eigenvalue weighted by atomic mass is 32.2. The highest BCUT2D eigenvalue weighted by Gasteiger charge is 2.17. The lowest BCUT2D eigenvalue weighted by molar-refractivity contribution is 0.0785. The van der Waals surface area contributed by atoms with Gasteiger partial charge in [-0.1, -0.05) is 42.5 Å². The summed E-state index contributed by atoms with van der Waals surface area (Å²) in [5.41, 5.74) is 2.93. The van der Waals surface area contributed by atoms with E-state index in [0.717, 1.165) is 11.1 Å². The van der Waals surface area contributed by atoms with Crippen LogP contribution in [0.3, 0.4) is 0 Å². The molecule has 5 nitrogen and oxygen atoms in total. The number of amides is 1. The molecule has 0 fully saturated rings. The summed E-state index contributed by atoms with van der Waals surface area (Å²) < 4.78 is 27.7. The molecule has 0 aliphatic carbocycles. The molecule has 0 aromatic heterocycles. The Hall–Kier alpha value is -3.12. The Bertz CT molecular complexity index is 1060. The molecule has 0 spiro atoms. The second-order valence-corrected chi connectivity index (χ2v) is 8.33. The van der Waals surface area contributed by atoms with Gasteiger partial charge in [0.2, 0.25) is 0 Å². The molecule has 0 bridgehead atoms. The normalized spacial score (nSPS) is 11.1. The average Bonchev–Trinajstić information content (AvgIpc) is 2.68. The van der Waals surface area contributed by atoms with Gasteiger partial charge in [0, 0.05) is 24.8 Å². The summed E-state index contributed by atoms with van der Waals surface area (Å²) in [6, 6.07) is 22.8. The summed E-state index contributed by atoms with van der Waals surface area (Å²) in [5.74, 6) is -0.167. The average molecular weight is 394 g/mol. The maximum Gasteiger partial charge on any atom is 0.261 e. The fourth-order valence-corrected chi connectivity index (χ4v) is 3.90. The number of hydrogen-bond acceptors (Lipinski definition) is 3. The molecule has 1 N–H and O–H groups in total. The molecule has 0 aliphatic rings. The number of sulfonamides is 1. The van der Waals surface area contributed by atoms with Crippen LogP contribution in [-0.4, -0.2) is 26.3 Å². The van der Waals surface area contributed by atoms with Crippen LogP contribution in [0.4, 0.5) is 5.69 Å². The van der Waals surface area contributed by atoms with Crippen LogP contribution in [0, 0.1) is 6.92 Å². The largest absolute Gasteiger partial charge is 0.337 e. The van der Waals surface area contributed by atoms with E-state index in [1.165, 1.54) is 24.3 Å². The second kappa shape index (κ2) is 8.27. The van der Waals surface area contributed by atoms with Gasteiger partial charge in [-0.3, -0.25) is 9.52 Å². The fourth-order valence-electron chi connectivity index (χ4n) is 2.85. The zero-order valence-corrected chi connectivity index (χ0v) is 16.6. The van der Waals surface area contributed by atoms with Crippen LogP contribution in [0.25, 0.3) is 0 Å². The first-order valence-electron chi connectivity index (χ1n) is 8.84. The predicted octanol–water partition coefficient (Wildman–Crippen LogP) is 4.07. The van der Waals surface area contributed by atoms with Crippen molar-refractivity contribution >= 4 is 21.6 Å². The van der Waals surface area contributed by atoms with Crippen molar-refractivity contribution in [3.8, 4) is 0 Å². The van der Waals surface area contributed by atoms with Crippen molar-refractivity contribution in [1.29, 1.82) is 0 Å². The molecule has 3 aromatic carbocycles. The van der Waals surface area contributed by atoms with E-state index in [0.29, 0.717) is 17.8 Å². The Morgan fingerprint density at radius 3 is 2.25 bits per heavy atom. The smallest absolute Gasteiger partial charge is 0.261 e. The Balaban J connectivity index is 1.72. The molecular formula is C22H22N2O3S. The Morgan fingerprint density at radius 2 is 1.61 bits per heavy atom. The number of carbonyl (C=O) groups is 1. The molecule has 0 unspecified atom stereocenters. The minimum atomic E-state index is -3.72. The number of benzene rings is 3. The van der Waals surface area contributed by atoms with Crippen molar-refractivity contribution in [3.05, 3.63) is 95.6 Å². The van der Waals surface area contributed by atoms with E-state index < -0.39 is 10.0 Å². The maximum atomic E-state index is 12.6. The molecule has 0 saturated heterocycles. The van der Waals surface area contributed by atoms with Gasteiger partial charge in [-0.25, -0.2) is 8.42 Å². The van der Waals surface area contributed by atoms with Gasteiger partial charge in [-0.15, -0.1) is 0 Å². The first-order valence-corrected chi connectivity index (χ1v) is 10.3. The van der Waals surface area contributed by atoms with Gasteiger partial charge in [0.25, 0.3) is 15.9 Å². The minimum absolute atomic E-state index is 0.108. The minimum Gasteiger partial charge on any atom is -0.337 e. The Kier molecular flexibility index (Phi) is 5.80. The molecular weight excluding hydrogens is 372 g/mol. The van der Waals surface area contributed by atoms with Gasteiger partial charge in [-0.05, 0) is 54.4 Å². The molecule has 3 aromatic rings. The van der Waals surface area contributed by atoms with Gasteiger partial charge in [0.05, 0.1) is 4.90 Å². The number of carbonyl (C=O) groups excluding carboxylic acids is 1. The van der Waals surface area contributed by atoms with Crippen molar-refractivity contribution in [3.63, 3.8) is 0 Å². The summed E-state index contributed by atoms with van der Waals surface area (Å²) >= 11 is 0. The molecule has 0 heterocycles. The maximum absolute atomic E-state index is 12.6. The van der Waals surface area contributed by atoms with Gasteiger partial charge < -0.3 is 4.90 Å². The summed E-state index contributed by atoms with van der Waals surface area (Å²) in [6.07, 6.45) is 0. The highest BCUT2D eigenvalue weighted by Crippen LogP contribution is 2.18. The third kappa shape index (κ3) is 4.78. The Labute approximate surface area is 165 Å². The van der Waals surface area contributed by atoms with Crippen molar-refractivity contribution in [2.45, 2.75) is 18.4 Å². The molecule has 28 heavy (non-hydrogen) atoms. The van der Waals surface area contributed by atoms with Crippen LogP contribution in [0.15, 0.2) is 83.8 Å². The number of aryl methyl sites for hydroxylation is 1. The van der Waals surface area contributed by atoms with E-state index in [-0.39, 0.29) is 10.8 Å². The summed E-state index contributed by atoms with van der Waals surface area (Å²) in [5, 5.41) is 0. The first kappa shape index (κ1) is 19.6. The van der Waals surface area contributed by atoms with E-state index >= 15 is 0 Å². The molecule has 0 saturated carbocycles. The molecule has 0 atom stereocenters. The van der Waals surface area contributed by atoms with Gasteiger partial charge >= 0.3 is 0 Å². The highest BCUT2D eigenvalue weighted by molar-refractivity contribution is 7.92. The number of hydrogen-bond donors (Lipinski definition) is 1. The van der Waals surface area contributed by atoms with Gasteiger partial charge in [0.1, 0.15) is 0 Å². The topological polar surface area (TPSA) is 66.5 Å². The van der Waals surface area contributed by atoms with Crippen LogP contribution < -0.4 is 4.72 Å². The van der Waals surface area contributed by atoms with E-state index in [1.54, 1.807) is 30.1 Å². The molecule has 1 amide bonds. The number of rotatable bonds is 6. The SMILES string of the molecule is Cc1cccc(NS(=O)(=O)c2ccc(C(=O)N(C)Cc3ccccc3)cc2)c1. The third-order valence-electron chi connectivity index (χ3n) is 4.29. The number of nitrogens with zero attached hydrogens (tertiary/aromatic N) is 1. The van der Waals surface area contributed by atoms with Crippen LogP contribution in [-0.2, 0) is 16.6 Å². The van der Waals surface area contributed by atoms with E-state index in [2.05, 4.69) is 4.72 Å². The van der Waals surface area contributed by atoms with E-state index in [4.69, 9.17) is 0 Å². The van der Waals surface area contributed by atoms with Crippen molar-refractivity contribution in [2.75, 3.05) is 11.8 Å². The van der Waals surface area contributed by atoms with Crippen LogP contribution in [0.1, 0.15) is 21.5 Å². The van der Waals surface area contributed by atoms with Crippen molar-refractivity contribution in [2.24, 2.45) is 0 Å². The van der Waals surface area contributed by atoms with Gasteiger partial charge in [0.15, 0.2) is 0 Å². The number of anilines is 1. The zero-order chi connectivity index (χ0) is 20.1.